The van der Waals surface area contributed by atoms with Gasteiger partial charge in [0.2, 0.25) is 0 Å². The lowest BCUT2D eigenvalue weighted by atomic mass is 10.1. The van der Waals surface area contributed by atoms with Gasteiger partial charge in [-0.2, -0.15) is 5.26 Å². The van der Waals surface area contributed by atoms with Gasteiger partial charge in [0, 0.05) is 36.1 Å². The summed E-state index contributed by atoms with van der Waals surface area (Å²) in [6, 6.07) is 5.61. The summed E-state index contributed by atoms with van der Waals surface area (Å²) in [7, 11) is -3.82. The Balaban J connectivity index is 2.13. The van der Waals surface area contributed by atoms with Crippen LogP contribution >= 0.6 is 0 Å². The number of nitrogens with zero attached hydrogens (tertiary/aromatic N) is 2. The Morgan fingerprint density at radius 2 is 2.12 bits per heavy atom. The van der Waals surface area contributed by atoms with Crippen molar-refractivity contribution in [1.82, 2.24) is 4.98 Å². The number of nitriles is 1. The Bertz CT molecular complexity index is 1000. The Hall–Kier alpha value is -2.57. The topological polar surface area (TPSA) is 100 Å². The highest BCUT2D eigenvalue weighted by atomic mass is 32.2. The molecule has 2 aromatic rings. The van der Waals surface area contributed by atoms with E-state index in [1.807, 2.05) is 6.07 Å². The van der Waals surface area contributed by atoms with Crippen molar-refractivity contribution in [2.75, 3.05) is 6.26 Å². The van der Waals surface area contributed by atoms with Crippen LogP contribution < -0.4 is 4.74 Å². The van der Waals surface area contributed by atoms with Crippen LogP contribution in [-0.4, -0.2) is 30.7 Å². The molecule has 1 aromatic carbocycles. The normalized spacial score (nSPS) is 18.4. The molecule has 1 aliphatic rings. The maximum absolute atomic E-state index is 14.0. The van der Waals surface area contributed by atoms with Gasteiger partial charge in [0.15, 0.2) is 9.84 Å². The van der Waals surface area contributed by atoms with Crippen molar-refractivity contribution in [3.05, 3.63) is 47.3 Å². The van der Waals surface area contributed by atoms with Crippen molar-refractivity contribution in [3.8, 4) is 17.6 Å². The minimum absolute atomic E-state index is 0.0180. The van der Waals surface area contributed by atoms with Gasteiger partial charge in [0.25, 0.3) is 5.92 Å². The van der Waals surface area contributed by atoms with E-state index in [0.717, 1.165) is 12.3 Å². The van der Waals surface area contributed by atoms with Gasteiger partial charge in [-0.1, -0.05) is 0 Å². The highest BCUT2D eigenvalue weighted by Gasteiger charge is 2.50. The molecular formula is C16H12F2N2O4S. The van der Waals surface area contributed by atoms with Gasteiger partial charge in [0.05, 0.1) is 16.7 Å². The number of hydrogen-bond donors (Lipinski definition) is 1. The summed E-state index contributed by atoms with van der Waals surface area (Å²) in [5, 5.41) is 18.8. The maximum atomic E-state index is 14.0. The molecule has 1 N–H and O–H groups in total. The second-order valence-electron chi connectivity index (χ2n) is 5.69. The third-order valence-corrected chi connectivity index (χ3v) is 4.98. The van der Waals surface area contributed by atoms with Gasteiger partial charge in [0.1, 0.15) is 23.7 Å². The van der Waals surface area contributed by atoms with Crippen molar-refractivity contribution in [2.24, 2.45) is 0 Å². The van der Waals surface area contributed by atoms with E-state index in [1.54, 1.807) is 0 Å². The third kappa shape index (κ3) is 3.06. The van der Waals surface area contributed by atoms with E-state index in [4.69, 9.17) is 10.00 Å². The van der Waals surface area contributed by atoms with E-state index in [9.17, 15) is 22.3 Å². The molecule has 0 radical (unpaired) electrons. The number of benzene rings is 1. The van der Waals surface area contributed by atoms with E-state index >= 15 is 0 Å². The lowest BCUT2D eigenvalue weighted by Gasteiger charge is -2.15. The number of sulfone groups is 1. The molecule has 0 bridgehead atoms. The summed E-state index contributed by atoms with van der Waals surface area (Å²) < 4.78 is 57.2. The number of pyridine rings is 1. The molecule has 1 atom stereocenters. The number of aliphatic hydroxyl groups excluding tert-OH is 1. The van der Waals surface area contributed by atoms with Crippen LogP contribution in [0.1, 0.15) is 22.8 Å². The first-order valence-corrected chi connectivity index (χ1v) is 8.97. The molecule has 0 aliphatic heterocycles. The number of hydrogen-bond acceptors (Lipinski definition) is 6. The van der Waals surface area contributed by atoms with Crippen LogP contribution in [0.4, 0.5) is 8.78 Å². The van der Waals surface area contributed by atoms with Gasteiger partial charge >= 0.3 is 0 Å². The summed E-state index contributed by atoms with van der Waals surface area (Å²) in [4.78, 5) is 3.45. The second-order valence-corrected chi connectivity index (χ2v) is 7.67. The third-order valence-electron chi connectivity index (χ3n) is 3.83. The highest BCUT2D eigenvalue weighted by Crippen LogP contribution is 2.49. The predicted octanol–water partition coefficient (Wildman–Crippen LogP) is 2.37. The van der Waals surface area contributed by atoms with Crippen LogP contribution in [0.3, 0.4) is 0 Å². The van der Waals surface area contributed by atoms with Crippen LogP contribution in [0.15, 0.2) is 35.5 Å². The van der Waals surface area contributed by atoms with Crippen molar-refractivity contribution in [3.63, 3.8) is 0 Å². The quantitative estimate of drug-likeness (QED) is 0.895. The van der Waals surface area contributed by atoms with E-state index < -0.39 is 28.3 Å². The van der Waals surface area contributed by atoms with Crippen LogP contribution in [0.25, 0.3) is 0 Å². The Morgan fingerprint density at radius 3 is 2.76 bits per heavy atom. The Kier molecular flexibility index (Phi) is 3.97. The molecule has 0 saturated carbocycles. The standard InChI is InChI=1S/C16H12F2N2O4S/c1-25(22,23)13-3-2-12(11-5-16(17,18)15(21)14(11)13)24-10-4-9(6-19)7-20-8-10/h2-4,7-8,15,21H,5H2,1H3/t15-/m0/s1. The zero-order chi connectivity index (χ0) is 18.4. The zero-order valence-electron chi connectivity index (χ0n) is 12.9. The molecule has 0 amide bonds. The number of ether oxygens (including phenoxy) is 1. The van der Waals surface area contributed by atoms with Gasteiger partial charge in [-0.3, -0.25) is 4.98 Å². The SMILES string of the molecule is CS(=O)(=O)c1ccc(Oc2cncc(C#N)c2)c2c1[C@H](O)C(F)(F)C2. The molecular weight excluding hydrogens is 354 g/mol. The summed E-state index contributed by atoms with van der Waals surface area (Å²) in [6.07, 6.45) is 0.392. The van der Waals surface area contributed by atoms with Crippen molar-refractivity contribution in [1.29, 1.82) is 5.26 Å². The first-order valence-electron chi connectivity index (χ1n) is 7.08. The number of halogens is 2. The molecule has 130 valence electrons. The van der Waals surface area contributed by atoms with Gasteiger partial charge in [-0.15, -0.1) is 0 Å². The molecule has 0 saturated heterocycles. The fourth-order valence-corrected chi connectivity index (χ4v) is 3.68. The summed E-state index contributed by atoms with van der Waals surface area (Å²) in [5.74, 6) is -3.39. The molecule has 1 aromatic heterocycles. The molecule has 0 spiro atoms. The Morgan fingerprint density at radius 1 is 1.40 bits per heavy atom. The molecule has 9 heteroatoms. The predicted molar refractivity (Wildman–Crippen MR) is 82.2 cm³/mol. The van der Waals surface area contributed by atoms with Crippen molar-refractivity contribution >= 4 is 9.84 Å². The minimum atomic E-state index is -3.82. The number of aliphatic hydroxyl groups is 1. The van der Waals surface area contributed by atoms with Crippen LogP contribution in [0, 0.1) is 11.3 Å². The van der Waals surface area contributed by atoms with Crippen LogP contribution in [0.5, 0.6) is 11.5 Å². The van der Waals surface area contributed by atoms with Gasteiger partial charge < -0.3 is 9.84 Å². The van der Waals surface area contributed by atoms with E-state index in [1.165, 1.54) is 24.5 Å². The van der Waals surface area contributed by atoms with Crippen LogP contribution in [0.2, 0.25) is 0 Å². The molecule has 25 heavy (non-hydrogen) atoms. The van der Waals surface area contributed by atoms with E-state index in [2.05, 4.69) is 4.98 Å². The monoisotopic (exact) mass is 366 g/mol. The summed E-state index contributed by atoms with van der Waals surface area (Å²) in [6.45, 7) is 0. The highest BCUT2D eigenvalue weighted by molar-refractivity contribution is 7.90. The fourth-order valence-electron chi connectivity index (χ4n) is 2.73. The molecule has 6 nitrogen and oxygen atoms in total. The number of alkyl halides is 2. The number of aromatic nitrogens is 1. The summed E-state index contributed by atoms with van der Waals surface area (Å²) in [5.41, 5.74) is -0.218. The average Bonchev–Trinajstić information content (AvgIpc) is 2.78. The fraction of sp³-hybridized carbons (Fsp3) is 0.250. The maximum Gasteiger partial charge on any atom is 0.281 e. The molecule has 0 unspecified atom stereocenters. The van der Waals surface area contributed by atoms with Crippen molar-refractivity contribution in [2.45, 2.75) is 23.3 Å². The second kappa shape index (κ2) is 5.75. The largest absolute Gasteiger partial charge is 0.455 e. The molecule has 1 heterocycles. The first kappa shape index (κ1) is 17.3. The molecule has 3 rings (SSSR count). The van der Waals surface area contributed by atoms with Gasteiger partial charge in [-0.05, 0) is 12.1 Å². The average molecular weight is 366 g/mol. The molecule has 1 aliphatic carbocycles. The number of fused-ring (bicyclic) bond motifs is 1. The zero-order valence-corrected chi connectivity index (χ0v) is 13.7. The lowest BCUT2D eigenvalue weighted by Crippen LogP contribution is -2.22. The van der Waals surface area contributed by atoms with E-state index in [0.29, 0.717) is 0 Å². The van der Waals surface area contributed by atoms with E-state index in [-0.39, 0.29) is 33.1 Å². The molecule has 0 fully saturated rings. The summed E-state index contributed by atoms with van der Waals surface area (Å²) >= 11 is 0. The lowest BCUT2D eigenvalue weighted by molar-refractivity contribution is -0.0976. The van der Waals surface area contributed by atoms with Crippen LogP contribution in [-0.2, 0) is 16.3 Å². The number of rotatable bonds is 3. The first-order chi connectivity index (χ1) is 11.6. The smallest absolute Gasteiger partial charge is 0.281 e. The van der Waals surface area contributed by atoms with Gasteiger partial charge in [-0.25, -0.2) is 17.2 Å². The minimum Gasteiger partial charge on any atom is -0.455 e. The van der Waals surface area contributed by atoms with Crippen molar-refractivity contribution < 1.29 is 27.0 Å². The Labute approximate surface area is 142 Å².